The average Bonchev–Trinajstić information content (AvgIpc) is 2.46. The number of aromatic hydroxyl groups is 1. The number of hydrogen-bond acceptors (Lipinski definition) is 5. The lowest BCUT2D eigenvalue weighted by Crippen LogP contribution is -2.06. The number of carbonyl (C=O) groups is 2. The molecule has 8 heteroatoms. The van der Waals surface area contributed by atoms with E-state index in [2.05, 4.69) is 0 Å². The van der Waals surface area contributed by atoms with Crippen molar-refractivity contribution < 1.29 is 29.8 Å². The van der Waals surface area contributed by atoms with Crippen LogP contribution in [0.4, 0.5) is 5.69 Å². The third-order valence-electron chi connectivity index (χ3n) is 2.97. The van der Waals surface area contributed by atoms with Crippen LogP contribution in [0.5, 0.6) is 5.75 Å². The molecule has 0 bridgehead atoms. The van der Waals surface area contributed by atoms with Gasteiger partial charge in [0, 0.05) is 11.6 Å². The highest BCUT2D eigenvalue weighted by atomic mass is 16.6. The standard InChI is InChI=1S/C14H9NO7/c16-7-4-5-8(10(6-7)14(19)20)12-9(13(17)18)2-1-3-11(12)15(21)22/h1-6,16H,(H,17,18)(H,19,20). The molecule has 0 spiro atoms. The second-order valence-corrected chi connectivity index (χ2v) is 4.30. The molecule has 112 valence electrons. The Morgan fingerprint density at radius 3 is 2.18 bits per heavy atom. The Hall–Kier alpha value is -3.42. The minimum atomic E-state index is -1.44. The summed E-state index contributed by atoms with van der Waals surface area (Å²) in [7, 11) is 0. The van der Waals surface area contributed by atoms with Gasteiger partial charge in [-0.05, 0) is 24.3 Å². The molecule has 0 fully saturated rings. The van der Waals surface area contributed by atoms with Crippen molar-refractivity contribution in [2.75, 3.05) is 0 Å². The molecule has 0 saturated heterocycles. The first-order valence-corrected chi connectivity index (χ1v) is 5.90. The maximum Gasteiger partial charge on any atom is 0.336 e. The summed E-state index contributed by atoms with van der Waals surface area (Å²) in [6, 6.07) is 6.59. The Labute approximate surface area is 123 Å². The van der Waals surface area contributed by atoms with Gasteiger partial charge in [0.25, 0.3) is 5.69 Å². The summed E-state index contributed by atoms with van der Waals surface area (Å²) >= 11 is 0. The second kappa shape index (κ2) is 5.52. The summed E-state index contributed by atoms with van der Waals surface area (Å²) in [5, 5.41) is 38.9. The molecule has 2 aromatic rings. The van der Waals surface area contributed by atoms with Gasteiger partial charge < -0.3 is 15.3 Å². The van der Waals surface area contributed by atoms with E-state index in [1.807, 2.05) is 0 Å². The molecule has 2 aromatic carbocycles. The maximum absolute atomic E-state index is 11.3. The lowest BCUT2D eigenvalue weighted by atomic mass is 9.93. The van der Waals surface area contributed by atoms with Crippen LogP contribution in [-0.2, 0) is 0 Å². The third kappa shape index (κ3) is 2.57. The lowest BCUT2D eigenvalue weighted by molar-refractivity contribution is -0.384. The van der Waals surface area contributed by atoms with E-state index in [0.717, 1.165) is 30.3 Å². The summed E-state index contributed by atoms with van der Waals surface area (Å²) in [5.74, 6) is -3.22. The largest absolute Gasteiger partial charge is 0.508 e. The molecule has 0 amide bonds. The molecule has 0 aliphatic carbocycles. The first kappa shape index (κ1) is 15.0. The number of nitrogens with zero attached hydrogens (tertiary/aromatic N) is 1. The molecule has 0 unspecified atom stereocenters. The number of phenolic OH excluding ortho intramolecular Hbond substituents is 1. The lowest BCUT2D eigenvalue weighted by Gasteiger charge is -2.10. The van der Waals surface area contributed by atoms with Crippen LogP contribution >= 0.6 is 0 Å². The van der Waals surface area contributed by atoms with E-state index in [-0.39, 0.29) is 16.9 Å². The molecule has 0 aromatic heterocycles. The SMILES string of the molecule is O=C(O)c1cc(O)ccc1-c1c(C(=O)O)cccc1[N+](=O)[O-]. The van der Waals surface area contributed by atoms with Crippen LogP contribution in [0.2, 0.25) is 0 Å². The maximum atomic E-state index is 11.3. The van der Waals surface area contributed by atoms with E-state index in [1.165, 1.54) is 6.07 Å². The number of rotatable bonds is 4. The van der Waals surface area contributed by atoms with Gasteiger partial charge >= 0.3 is 11.9 Å². The predicted octanol–water partition coefficient (Wildman–Crippen LogP) is 2.36. The van der Waals surface area contributed by atoms with Crippen LogP contribution in [0.1, 0.15) is 20.7 Å². The molecule has 0 aliphatic rings. The minimum absolute atomic E-state index is 0.157. The van der Waals surface area contributed by atoms with Gasteiger partial charge in [0.2, 0.25) is 0 Å². The van der Waals surface area contributed by atoms with E-state index in [0.29, 0.717) is 0 Å². The van der Waals surface area contributed by atoms with Crippen LogP contribution in [0.15, 0.2) is 36.4 Å². The Morgan fingerprint density at radius 2 is 1.64 bits per heavy atom. The van der Waals surface area contributed by atoms with Crippen LogP contribution in [0, 0.1) is 10.1 Å². The molecular weight excluding hydrogens is 294 g/mol. The molecule has 3 N–H and O–H groups in total. The fourth-order valence-electron chi connectivity index (χ4n) is 2.08. The zero-order valence-corrected chi connectivity index (χ0v) is 10.9. The number of carboxylic acid groups (broad SMARTS) is 2. The number of benzene rings is 2. The van der Waals surface area contributed by atoms with Crippen LogP contribution in [0.25, 0.3) is 11.1 Å². The molecule has 0 atom stereocenters. The van der Waals surface area contributed by atoms with E-state index in [4.69, 9.17) is 0 Å². The van der Waals surface area contributed by atoms with Gasteiger partial charge in [-0.2, -0.15) is 0 Å². The summed E-state index contributed by atoms with van der Waals surface area (Å²) in [6.45, 7) is 0. The second-order valence-electron chi connectivity index (χ2n) is 4.30. The van der Waals surface area contributed by atoms with E-state index >= 15 is 0 Å². The molecular formula is C14H9NO7. The monoisotopic (exact) mass is 303 g/mol. The molecule has 22 heavy (non-hydrogen) atoms. The van der Waals surface area contributed by atoms with Crippen LogP contribution in [0.3, 0.4) is 0 Å². The van der Waals surface area contributed by atoms with Crippen LogP contribution < -0.4 is 0 Å². The van der Waals surface area contributed by atoms with Gasteiger partial charge in [0.15, 0.2) is 0 Å². The van der Waals surface area contributed by atoms with Crippen LogP contribution in [-0.4, -0.2) is 32.2 Å². The highest BCUT2D eigenvalue weighted by Gasteiger charge is 2.26. The number of carboxylic acids is 2. The van der Waals surface area contributed by atoms with Crippen molar-refractivity contribution in [2.45, 2.75) is 0 Å². The van der Waals surface area contributed by atoms with E-state index < -0.39 is 33.7 Å². The minimum Gasteiger partial charge on any atom is -0.508 e. The van der Waals surface area contributed by atoms with Crippen molar-refractivity contribution >= 4 is 17.6 Å². The van der Waals surface area contributed by atoms with Crippen molar-refractivity contribution in [1.82, 2.24) is 0 Å². The smallest absolute Gasteiger partial charge is 0.336 e. The van der Waals surface area contributed by atoms with Gasteiger partial charge in [-0.25, -0.2) is 9.59 Å². The fraction of sp³-hybridized carbons (Fsp3) is 0. The summed E-state index contributed by atoms with van der Waals surface area (Å²) < 4.78 is 0. The molecule has 8 nitrogen and oxygen atoms in total. The number of phenols is 1. The average molecular weight is 303 g/mol. The zero-order valence-electron chi connectivity index (χ0n) is 10.9. The number of nitro groups is 1. The third-order valence-corrected chi connectivity index (χ3v) is 2.97. The summed E-state index contributed by atoms with van der Waals surface area (Å²) in [4.78, 5) is 32.9. The Kier molecular flexibility index (Phi) is 3.76. The van der Waals surface area contributed by atoms with E-state index in [1.54, 1.807) is 0 Å². The quantitative estimate of drug-likeness (QED) is 0.582. The highest BCUT2D eigenvalue weighted by molar-refractivity contribution is 6.04. The number of hydrogen-bond donors (Lipinski definition) is 3. The zero-order chi connectivity index (χ0) is 16.4. The number of aromatic carboxylic acids is 2. The molecule has 2 rings (SSSR count). The first-order chi connectivity index (χ1) is 10.3. The van der Waals surface area contributed by atoms with Crippen molar-refractivity contribution in [3.05, 3.63) is 57.6 Å². The highest BCUT2D eigenvalue weighted by Crippen LogP contribution is 2.36. The summed E-state index contributed by atoms with van der Waals surface area (Å²) in [6.07, 6.45) is 0. The van der Waals surface area contributed by atoms with Crippen molar-refractivity contribution in [2.24, 2.45) is 0 Å². The fourth-order valence-corrected chi connectivity index (χ4v) is 2.08. The van der Waals surface area contributed by atoms with Crippen molar-refractivity contribution in [1.29, 1.82) is 0 Å². The summed E-state index contributed by atoms with van der Waals surface area (Å²) in [5.41, 5.74) is -1.85. The first-order valence-electron chi connectivity index (χ1n) is 5.90. The number of nitro benzene ring substituents is 1. The van der Waals surface area contributed by atoms with Gasteiger partial charge in [0.05, 0.1) is 21.6 Å². The van der Waals surface area contributed by atoms with E-state index in [9.17, 15) is 35.0 Å². The Morgan fingerprint density at radius 1 is 1.00 bits per heavy atom. The van der Waals surface area contributed by atoms with Gasteiger partial charge in [-0.15, -0.1) is 0 Å². The van der Waals surface area contributed by atoms with Gasteiger partial charge in [0.1, 0.15) is 5.75 Å². The Balaban J connectivity index is 2.90. The van der Waals surface area contributed by atoms with Crippen molar-refractivity contribution in [3.8, 4) is 16.9 Å². The molecule has 0 heterocycles. The molecule has 0 saturated carbocycles. The van der Waals surface area contributed by atoms with Gasteiger partial charge in [-0.1, -0.05) is 6.07 Å². The topological polar surface area (TPSA) is 138 Å². The predicted molar refractivity (Wildman–Crippen MR) is 74.1 cm³/mol. The Bertz CT molecular complexity index is 766. The van der Waals surface area contributed by atoms with Gasteiger partial charge in [-0.3, -0.25) is 10.1 Å². The van der Waals surface area contributed by atoms with Crippen molar-refractivity contribution in [3.63, 3.8) is 0 Å². The molecule has 0 radical (unpaired) electrons. The molecule has 0 aliphatic heterocycles. The normalized spacial score (nSPS) is 10.2.